The van der Waals surface area contributed by atoms with Crippen molar-refractivity contribution in [3.05, 3.63) is 59.7 Å². The summed E-state index contributed by atoms with van der Waals surface area (Å²) in [6.07, 6.45) is 39.9. The highest BCUT2D eigenvalue weighted by molar-refractivity contribution is 5.63. The highest BCUT2D eigenvalue weighted by Gasteiger charge is 2.31. The molecule has 2 aromatic carbocycles. The largest absolute Gasteiger partial charge is 1.00 e. The molecule has 0 atom stereocenters. The highest BCUT2D eigenvalue weighted by atomic mass is 35.5. The summed E-state index contributed by atoms with van der Waals surface area (Å²) in [4.78, 5) is 0. The normalized spacial score (nSPS) is 16.0. The summed E-state index contributed by atoms with van der Waals surface area (Å²) in [7, 11) is 0. The number of hydrogen-bond acceptors (Lipinski definition) is 2. The fourth-order valence-electron chi connectivity index (χ4n) is 10.0. The Kier molecular flexibility index (Phi) is 32.3. The molecule has 0 saturated carbocycles. The summed E-state index contributed by atoms with van der Waals surface area (Å²) < 4.78 is 14.1. The summed E-state index contributed by atoms with van der Waals surface area (Å²) in [5, 5.41) is 0. The molecule has 6 heteroatoms. The second kappa shape index (κ2) is 35.2. The van der Waals surface area contributed by atoms with Gasteiger partial charge in [0.1, 0.15) is 39.3 Å². The molecule has 2 aliphatic rings. The van der Waals surface area contributed by atoms with Crippen molar-refractivity contribution in [1.29, 1.82) is 0 Å². The van der Waals surface area contributed by atoms with Gasteiger partial charge < -0.3 is 43.3 Å². The highest BCUT2D eigenvalue weighted by Crippen LogP contribution is 2.26. The first kappa shape index (κ1) is 55.0. The van der Waals surface area contributed by atoms with Crippen LogP contribution in [0.5, 0.6) is 0 Å². The third-order valence-corrected chi connectivity index (χ3v) is 14.1. The molecule has 0 unspecified atom stereocenters. The van der Waals surface area contributed by atoms with Gasteiger partial charge in [0.2, 0.25) is 0 Å². The third-order valence-electron chi connectivity index (χ3n) is 14.1. The van der Waals surface area contributed by atoms with E-state index < -0.39 is 0 Å². The van der Waals surface area contributed by atoms with Crippen molar-refractivity contribution in [2.75, 3.05) is 65.7 Å². The predicted molar refractivity (Wildman–Crippen MR) is 251 cm³/mol. The molecule has 2 saturated heterocycles. The Morgan fingerprint density at radius 2 is 0.567 bits per heavy atom. The summed E-state index contributed by atoms with van der Waals surface area (Å²) in [5.74, 6) is 0. The molecule has 0 aromatic heterocycles. The fourth-order valence-corrected chi connectivity index (χ4v) is 10.0. The van der Waals surface area contributed by atoms with E-state index in [4.69, 9.17) is 9.47 Å². The van der Waals surface area contributed by atoms with Crippen molar-refractivity contribution in [1.82, 2.24) is 0 Å². The van der Waals surface area contributed by atoms with Gasteiger partial charge in [-0.3, -0.25) is 0 Å². The van der Waals surface area contributed by atoms with Crippen molar-refractivity contribution in [3.63, 3.8) is 0 Å². The lowest BCUT2D eigenvalue weighted by Crippen LogP contribution is -3.00. The number of hydrogen-bond donors (Lipinski definition) is 0. The topological polar surface area (TPSA) is 18.5 Å². The number of benzene rings is 2. The molecular formula is C54H94Cl2N2O2. The van der Waals surface area contributed by atoms with Crippen LogP contribution < -0.4 is 24.8 Å². The van der Waals surface area contributed by atoms with Crippen LogP contribution >= 0.6 is 0 Å². The van der Waals surface area contributed by atoms with Crippen LogP contribution in [0, 0.1) is 0 Å². The van der Waals surface area contributed by atoms with E-state index in [9.17, 15) is 0 Å². The van der Waals surface area contributed by atoms with E-state index in [-0.39, 0.29) is 24.8 Å². The molecule has 0 N–H and O–H groups in total. The fraction of sp³-hybridized carbons (Fsp3) is 0.778. The number of nitrogens with zero attached hydrogens (tertiary/aromatic N) is 2. The Morgan fingerprint density at radius 1 is 0.333 bits per heavy atom. The monoisotopic (exact) mass is 873 g/mol. The van der Waals surface area contributed by atoms with Gasteiger partial charge in [-0.15, -0.1) is 0 Å². The number of morpholine rings is 2. The minimum Gasteiger partial charge on any atom is -1.00 e. The third kappa shape index (κ3) is 23.5. The van der Waals surface area contributed by atoms with E-state index in [1.165, 1.54) is 224 Å². The van der Waals surface area contributed by atoms with Gasteiger partial charge in [0, 0.05) is 11.1 Å². The van der Waals surface area contributed by atoms with Gasteiger partial charge in [0.05, 0.1) is 39.5 Å². The summed E-state index contributed by atoms with van der Waals surface area (Å²) >= 11 is 0. The Labute approximate surface area is 384 Å². The van der Waals surface area contributed by atoms with Crippen molar-refractivity contribution < 1.29 is 43.3 Å². The van der Waals surface area contributed by atoms with Crippen LogP contribution in [0.1, 0.15) is 205 Å². The molecule has 2 heterocycles. The van der Waals surface area contributed by atoms with E-state index in [0.717, 1.165) is 65.7 Å². The van der Waals surface area contributed by atoms with Crippen LogP contribution in [-0.2, 0) is 22.6 Å². The van der Waals surface area contributed by atoms with E-state index in [1.54, 1.807) is 0 Å². The molecule has 0 amide bonds. The SMILES string of the molecule is CCCCCCCCCCCCCCCC[N+]1(Cc2ccc(-c3ccc(C[N+]4(CCCCCCCCCCCCCCCC)CCOCC4)cc3)cc2)CCOCC1.[Cl-].[Cl-]. The van der Waals surface area contributed by atoms with Crippen molar-refractivity contribution >= 4 is 0 Å². The Balaban J connectivity index is 0.00000620. The minimum atomic E-state index is 0. The zero-order chi connectivity index (χ0) is 40.7. The van der Waals surface area contributed by atoms with Gasteiger partial charge in [-0.25, -0.2) is 0 Å². The second-order valence-corrected chi connectivity index (χ2v) is 19.2. The molecule has 4 rings (SSSR count). The van der Waals surface area contributed by atoms with Crippen molar-refractivity contribution in [3.8, 4) is 11.1 Å². The number of quaternary nitrogens is 2. The second-order valence-electron chi connectivity index (χ2n) is 19.2. The maximum Gasteiger partial charge on any atom is 0.104 e. The lowest BCUT2D eigenvalue weighted by Gasteiger charge is -2.41. The molecule has 0 aliphatic carbocycles. The van der Waals surface area contributed by atoms with E-state index >= 15 is 0 Å². The molecule has 0 bridgehead atoms. The minimum absolute atomic E-state index is 0. The van der Waals surface area contributed by atoms with E-state index in [0.29, 0.717) is 0 Å². The first-order chi connectivity index (χ1) is 28.7. The molecule has 0 spiro atoms. The van der Waals surface area contributed by atoms with Gasteiger partial charge in [-0.2, -0.15) is 0 Å². The van der Waals surface area contributed by atoms with Gasteiger partial charge in [-0.1, -0.05) is 216 Å². The Bertz CT molecular complexity index is 1150. The molecule has 346 valence electrons. The smallest absolute Gasteiger partial charge is 0.104 e. The summed E-state index contributed by atoms with van der Waals surface area (Å²) in [5.41, 5.74) is 5.65. The maximum atomic E-state index is 5.86. The van der Waals surface area contributed by atoms with Crippen molar-refractivity contribution in [2.24, 2.45) is 0 Å². The van der Waals surface area contributed by atoms with E-state index in [1.807, 2.05) is 0 Å². The van der Waals surface area contributed by atoms with Gasteiger partial charge in [-0.05, 0) is 36.8 Å². The van der Waals surface area contributed by atoms with Crippen LogP contribution in [0.3, 0.4) is 0 Å². The van der Waals surface area contributed by atoms with Gasteiger partial charge >= 0.3 is 0 Å². The van der Waals surface area contributed by atoms with Crippen molar-refractivity contribution in [2.45, 2.75) is 207 Å². The first-order valence-corrected chi connectivity index (χ1v) is 25.7. The molecule has 4 nitrogen and oxygen atoms in total. The van der Waals surface area contributed by atoms with Crippen LogP contribution in [-0.4, -0.2) is 74.7 Å². The molecule has 2 fully saturated rings. The average molecular weight is 874 g/mol. The maximum absolute atomic E-state index is 5.86. The average Bonchev–Trinajstić information content (AvgIpc) is 3.25. The molecule has 2 aromatic rings. The molecular weight excluding hydrogens is 780 g/mol. The zero-order valence-electron chi connectivity index (χ0n) is 39.4. The van der Waals surface area contributed by atoms with E-state index in [2.05, 4.69) is 62.4 Å². The Hall–Kier alpha value is -1.14. The Morgan fingerprint density at radius 3 is 0.817 bits per heavy atom. The molecule has 2 aliphatic heterocycles. The first-order valence-electron chi connectivity index (χ1n) is 25.7. The van der Waals surface area contributed by atoms with Crippen LogP contribution in [0.15, 0.2) is 48.5 Å². The predicted octanol–water partition coefficient (Wildman–Crippen LogP) is 9.02. The molecule has 60 heavy (non-hydrogen) atoms. The number of rotatable bonds is 35. The zero-order valence-corrected chi connectivity index (χ0v) is 40.9. The van der Waals surface area contributed by atoms with Gasteiger partial charge in [0.25, 0.3) is 0 Å². The lowest BCUT2D eigenvalue weighted by molar-refractivity contribution is -0.947. The van der Waals surface area contributed by atoms with Crippen LogP contribution in [0.2, 0.25) is 0 Å². The summed E-state index contributed by atoms with van der Waals surface area (Å²) in [6, 6.07) is 19.1. The van der Waals surface area contributed by atoms with Gasteiger partial charge in [0.15, 0.2) is 0 Å². The number of ether oxygens (including phenoxy) is 2. The quantitative estimate of drug-likeness (QED) is 0.0509. The number of unbranched alkanes of at least 4 members (excludes halogenated alkanes) is 26. The lowest BCUT2D eigenvalue weighted by atomic mass is 10.0. The standard InChI is InChI=1S/C54H94N2O2.2ClH/c1-3-5-7-9-11-13-15-17-19-21-23-25-27-29-39-55(41-45-57-46-42-55)49-51-31-35-53(36-32-51)54-37-33-52(34-38-54)50-56(43-47-58-48-44-56)40-30-28-26-24-22-20-18-16-14-12-10-8-6-4-2;;/h31-38H,3-30,39-50H2,1-2H3;2*1H/q+2;;/p-2. The van der Waals surface area contributed by atoms with Crippen LogP contribution in [0.4, 0.5) is 0 Å². The summed E-state index contributed by atoms with van der Waals surface area (Å²) in [6.45, 7) is 17.8. The number of halogens is 2. The molecule has 0 radical (unpaired) electrons. The van der Waals surface area contributed by atoms with Crippen LogP contribution in [0.25, 0.3) is 11.1 Å².